The average molecular weight is 898 g/mol. The van der Waals surface area contributed by atoms with Crippen LogP contribution in [0.1, 0.15) is 277 Å². The van der Waals surface area contributed by atoms with Gasteiger partial charge < -0.3 is 41.1 Å². The number of carbonyl (C=O) groups is 1. The van der Waals surface area contributed by atoms with Crippen molar-refractivity contribution in [2.75, 3.05) is 6.61 Å². The Morgan fingerprint density at radius 2 is 0.794 bits per heavy atom. The lowest BCUT2D eigenvalue weighted by molar-refractivity contribution is -0.216. The van der Waals surface area contributed by atoms with E-state index in [0.29, 0.717) is 12.8 Å². The van der Waals surface area contributed by atoms with Gasteiger partial charge in [0.05, 0.1) is 18.8 Å². The van der Waals surface area contributed by atoms with Crippen molar-refractivity contribution in [2.24, 2.45) is 5.73 Å². The molecule has 1 saturated heterocycles. The van der Waals surface area contributed by atoms with Gasteiger partial charge in [-0.2, -0.15) is 0 Å². The highest BCUT2D eigenvalue weighted by molar-refractivity contribution is 5.73. The van der Waals surface area contributed by atoms with Crippen LogP contribution in [0.2, 0.25) is 0 Å². The first kappa shape index (κ1) is 61.9. The Balaban J connectivity index is 0.00000122. The molecule has 9 heteroatoms. The van der Waals surface area contributed by atoms with Crippen LogP contribution in [0.15, 0.2) is 12.2 Å². The molecule has 1 aliphatic heterocycles. The molecule has 1 fully saturated rings. The molecule has 0 saturated carbocycles. The molecule has 0 aromatic carbocycles. The van der Waals surface area contributed by atoms with Crippen molar-refractivity contribution in [1.29, 1.82) is 0 Å². The minimum absolute atomic E-state index is 0.149. The Morgan fingerprint density at radius 3 is 1.11 bits per heavy atom. The summed E-state index contributed by atoms with van der Waals surface area (Å²) in [7, 11) is 0. The van der Waals surface area contributed by atoms with Gasteiger partial charge in [-0.25, -0.2) is 0 Å². The van der Waals surface area contributed by atoms with Gasteiger partial charge in [-0.05, 0) is 19.3 Å². The summed E-state index contributed by atoms with van der Waals surface area (Å²) < 4.78 is 5.38. The highest BCUT2D eigenvalue weighted by atomic mass is 16.5. The molecule has 0 aromatic rings. The summed E-state index contributed by atoms with van der Waals surface area (Å²) in [6.07, 6.45) is 48.3. The number of aliphatic hydroxyl groups is 6. The van der Waals surface area contributed by atoms with E-state index in [1.165, 1.54) is 224 Å². The van der Waals surface area contributed by atoms with E-state index < -0.39 is 49.3 Å². The molecule has 7 unspecified atom stereocenters. The second-order valence-electron chi connectivity index (χ2n) is 19.3. The normalized spacial score (nSPS) is 19.9. The van der Waals surface area contributed by atoms with Crippen LogP contribution in [0.25, 0.3) is 0 Å². The zero-order chi connectivity index (χ0) is 46.4. The van der Waals surface area contributed by atoms with Crippen LogP contribution in [0, 0.1) is 0 Å². The smallest absolute Gasteiger partial charge is 0.217 e. The van der Waals surface area contributed by atoms with Crippen molar-refractivity contribution in [1.82, 2.24) is 0 Å². The van der Waals surface area contributed by atoms with Crippen molar-refractivity contribution < 1.29 is 40.2 Å². The molecular formula is C54H107NO8. The van der Waals surface area contributed by atoms with Gasteiger partial charge in [0.2, 0.25) is 5.91 Å². The minimum atomic E-state index is -1.42. The van der Waals surface area contributed by atoms with E-state index in [0.717, 1.165) is 25.7 Å². The highest BCUT2D eigenvalue weighted by Crippen LogP contribution is 2.23. The standard InChI is InChI=1S/C29H59NO.C25H48O7/c1-2-3-4-5-6-7-8-9-10-11-12-13-14-15-16-17-18-19-20-21-22-23-24-25-26-27-28-29(30)31;1-2-3-4-5-6-7-8-9-10-11-12-13-15-19(27)20(28)16-14-17-21-23(29)25(31)24(30)22(18-26)32-21/h2-28H2,1H3,(H2,30,31);14,17,19-31H,2-13,15-16,18H2,1H3/b;17-14+. The van der Waals surface area contributed by atoms with Gasteiger partial charge in [-0.3, -0.25) is 4.79 Å². The Kier molecular flexibility index (Phi) is 46.6. The van der Waals surface area contributed by atoms with Gasteiger partial charge in [-0.1, -0.05) is 264 Å². The molecule has 1 amide bonds. The second-order valence-corrected chi connectivity index (χ2v) is 19.3. The van der Waals surface area contributed by atoms with Gasteiger partial charge >= 0.3 is 0 Å². The Morgan fingerprint density at radius 1 is 0.476 bits per heavy atom. The number of rotatable bonds is 45. The molecule has 0 radical (unpaired) electrons. The molecule has 63 heavy (non-hydrogen) atoms. The quantitative estimate of drug-likeness (QED) is 0.0234. The van der Waals surface area contributed by atoms with Gasteiger partial charge in [-0.15, -0.1) is 0 Å². The summed E-state index contributed by atoms with van der Waals surface area (Å²) in [5.74, 6) is -0.149. The topological polar surface area (TPSA) is 174 Å². The van der Waals surface area contributed by atoms with Crippen molar-refractivity contribution in [3.05, 3.63) is 12.2 Å². The van der Waals surface area contributed by atoms with E-state index in [-0.39, 0.29) is 12.3 Å². The number of nitrogens with two attached hydrogens (primary N) is 1. The summed E-state index contributed by atoms with van der Waals surface area (Å²) in [6.45, 7) is 4.06. The Bertz CT molecular complexity index is 966. The first-order valence-electron chi connectivity index (χ1n) is 27.3. The van der Waals surface area contributed by atoms with Crippen molar-refractivity contribution in [2.45, 2.75) is 320 Å². The summed E-state index contributed by atoms with van der Waals surface area (Å²) in [5, 5.41) is 59.1. The Labute approximate surface area is 389 Å². The maximum Gasteiger partial charge on any atom is 0.217 e. The molecule has 1 rings (SSSR count). The Hall–Kier alpha value is -1.07. The monoisotopic (exact) mass is 898 g/mol. The van der Waals surface area contributed by atoms with E-state index in [1.807, 2.05) is 0 Å². The van der Waals surface area contributed by atoms with E-state index in [1.54, 1.807) is 6.08 Å². The lowest BCUT2D eigenvalue weighted by Gasteiger charge is -2.39. The van der Waals surface area contributed by atoms with Crippen molar-refractivity contribution >= 4 is 5.91 Å². The molecule has 1 aliphatic rings. The molecule has 9 nitrogen and oxygen atoms in total. The van der Waals surface area contributed by atoms with Crippen molar-refractivity contribution in [3.8, 4) is 0 Å². The molecule has 0 bridgehead atoms. The fraction of sp³-hybridized carbons (Fsp3) is 0.944. The number of hydrogen-bond donors (Lipinski definition) is 7. The minimum Gasteiger partial charge on any atom is -0.394 e. The van der Waals surface area contributed by atoms with Gasteiger partial charge in [0.1, 0.15) is 30.5 Å². The fourth-order valence-electron chi connectivity index (χ4n) is 8.80. The molecular weight excluding hydrogens is 791 g/mol. The number of amides is 1. The molecule has 0 aliphatic carbocycles. The first-order valence-corrected chi connectivity index (χ1v) is 27.3. The average Bonchev–Trinajstić information content (AvgIpc) is 3.27. The van der Waals surface area contributed by atoms with Crippen LogP contribution in [-0.2, 0) is 9.53 Å². The van der Waals surface area contributed by atoms with E-state index in [4.69, 9.17) is 10.5 Å². The summed E-state index contributed by atoms with van der Waals surface area (Å²) in [5.41, 5.74) is 5.15. The maximum atomic E-state index is 10.7. The van der Waals surface area contributed by atoms with Crippen LogP contribution in [-0.4, -0.2) is 85.9 Å². The summed E-state index contributed by atoms with van der Waals surface area (Å²) in [4.78, 5) is 10.7. The molecule has 376 valence electrons. The van der Waals surface area contributed by atoms with Crippen LogP contribution in [0.4, 0.5) is 0 Å². The van der Waals surface area contributed by atoms with Crippen molar-refractivity contribution in [3.63, 3.8) is 0 Å². The number of aliphatic hydroxyl groups excluding tert-OH is 6. The SMILES string of the molecule is CCCCCCCCCCCCCCC(O)C(O)C/C=C/C1OC(CO)C(O)C(O)C1O.CCCCCCCCCCCCCCCCCCCCCCCCCCCCC(N)=O. The molecule has 7 atom stereocenters. The molecule has 1 heterocycles. The third kappa shape index (κ3) is 39.8. The van der Waals surface area contributed by atoms with Gasteiger partial charge in [0.25, 0.3) is 0 Å². The van der Waals surface area contributed by atoms with Gasteiger partial charge in [0.15, 0.2) is 0 Å². The predicted molar refractivity (Wildman–Crippen MR) is 265 cm³/mol. The third-order valence-corrected chi connectivity index (χ3v) is 13.2. The number of ether oxygens (including phenoxy) is 1. The fourth-order valence-corrected chi connectivity index (χ4v) is 8.80. The predicted octanol–water partition coefficient (Wildman–Crippen LogP) is 12.6. The highest BCUT2D eigenvalue weighted by Gasteiger charge is 2.42. The lowest BCUT2D eigenvalue weighted by Crippen LogP contribution is -2.57. The zero-order valence-corrected chi connectivity index (χ0v) is 41.5. The number of hydrogen-bond acceptors (Lipinski definition) is 8. The number of unbranched alkanes of at least 4 members (excludes halogenated alkanes) is 36. The molecule has 0 aromatic heterocycles. The lowest BCUT2D eigenvalue weighted by atomic mass is 9.94. The molecule has 0 spiro atoms. The molecule has 8 N–H and O–H groups in total. The zero-order valence-electron chi connectivity index (χ0n) is 41.5. The largest absolute Gasteiger partial charge is 0.394 e. The van der Waals surface area contributed by atoms with Crippen LogP contribution in [0.3, 0.4) is 0 Å². The van der Waals surface area contributed by atoms with Crippen LogP contribution < -0.4 is 5.73 Å². The number of primary amides is 1. The third-order valence-electron chi connectivity index (χ3n) is 13.2. The van der Waals surface area contributed by atoms with E-state index in [2.05, 4.69) is 13.8 Å². The number of carbonyl (C=O) groups excluding carboxylic acids is 1. The second kappa shape index (κ2) is 47.4. The first-order chi connectivity index (χ1) is 30.7. The van der Waals surface area contributed by atoms with Crippen LogP contribution in [0.5, 0.6) is 0 Å². The van der Waals surface area contributed by atoms with Gasteiger partial charge in [0, 0.05) is 6.42 Å². The van der Waals surface area contributed by atoms with E-state index in [9.17, 15) is 35.4 Å². The van der Waals surface area contributed by atoms with Crippen LogP contribution >= 0.6 is 0 Å². The summed E-state index contributed by atoms with van der Waals surface area (Å²) >= 11 is 0. The summed E-state index contributed by atoms with van der Waals surface area (Å²) in [6, 6.07) is 0. The van der Waals surface area contributed by atoms with E-state index >= 15 is 0 Å². The maximum absolute atomic E-state index is 10.7.